The molecule has 1 atom stereocenters. The van der Waals surface area contributed by atoms with Crippen LogP contribution in [0.5, 0.6) is 0 Å². The molecule has 0 saturated carbocycles. The van der Waals surface area contributed by atoms with Crippen LogP contribution < -0.4 is 0 Å². The van der Waals surface area contributed by atoms with E-state index in [0.717, 1.165) is 116 Å². The lowest BCUT2D eigenvalue weighted by molar-refractivity contribution is -0.167. The molecule has 0 bridgehead atoms. The number of ether oxygens (including phenoxy) is 3. The van der Waals surface area contributed by atoms with Crippen molar-refractivity contribution in [3.8, 4) is 0 Å². The zero-order valence-electron chi connectivity index (χ0n) is 53.5. The molecule has 0 saturated heterocycles. The van der Waals surface area contributed by atoms with E-state index in [9.17, 15) is 14.4 Å². The number of unbranched alkanes of at least 4 members (excludes halogenated alkanes) is 36. The summed E-state index contributed by atoms with van der Waals surface area (Å²) in [6.45, 7) is 6.50. The van der Waals surface area contributed by atoms with E-state index in [0.29, 0.717) is 19.3 Å². The van der Waals surface area contributed by atoms with E-state index in [2.05, 4.69) is 118 Å². The van der Waals surface area contributed by atoms with Gasteiger partial charge in [0.2, 0.25) is 0 Å². The van der Waals surface area contributed by atoms with E-state index in [4.69, 9.17) is 14.2 Å². The van der Waals surface area contributed by atoms with Gasteiger partial charge in [-0.1, -0.05) is 336 Å². The minimum atomic E-state index is -0.777. The topological polar surface area (TPSA) is 78.9 Å². The Morgan fingerprint density at radius 3 is 0.753 bits per heavy atom. The molecule has 6 heteroatoms. The van der Waals surface area contributed by atoms with Crippen molar-refractivity contribution in [1.82, 2.24) is 0 Å². The molecule has 0 aromatic rings. The summed E-state index contributed by atoms with van der Waals surface area (Å²) in [7, 11) is 0. The van der Waals surface area contributed by atoms with Crippen LogP contribution >= 0.6 is 0 Å². The van der Waals surface area contributed by atoms with Gasteiger partial charge in [-0.25, -0.2) is 0 Å². The average Bonchev–Trinajstić information content (AvgIpc) is 3.47. The molecule has 0 amide bonds. The smallest absolute Gasteiger partial charge is 0.306 e. The van der Waals surface area contributed by atoms with Gasteiger partial charge in [0.05, 0.1) is 0 Å². The molecular formula is C75H130O6. The number of esters is 3. The van der Waals surface area contributed by atoms with E-state index in [1.54, 1.807) is 0 Å². The summed E-state index contributed by atoms with van der Waals surface area (Å²) in [5, 5.41) is 0. The fourth-order valence-electron chi connectivity index (χ4n) is 9.93. The highest BCUT2D eigenvalue weighted by Crippen LogP contribution is 2.18. The molecule has 0 spiro atoms. The van der Waals surface area contributed by atoms with Crippen molar-refractivity contribution in [3.63, 3.8) is 0 Å². The van der Waals surface area contributed by atoms with E-state index >= 15 is 0 Å². The molecule has 6 nitrogen and oxygen atoms in total. The van der Waals surface area contributed by atoms with Crippen LogP contribution in [0.1, 0.15) is 342 Å². The van der Waals surface area contributed by atoms with Crippen LogP contribution in [-0.2, 0) is 28.6 Å². The highest BCUT2D eigenvalue weighted by atomic mass is 16.6. The minimum Gasteiger partial charge on any atom is -0.462 e. The Morgan fingerprint density at radius 1 is 0.259 bits per heavy atom. The Bertz CT molecular complexity index is 1580. The average molecular weight is 1130 g/mol. The van der Waals surface area contributed by atoms with Gasteiger partial charge in [0.15, 0.2) is 6.10 Å². The second kappa shape index (κ2) is 68.8. The number of hydrogen-bond donors (Lipinski definition) is 0. The van der Waals surface area contributed by atoms with Crippen molar-refractivity contribution in [3.05, 3.63) is 97.2 Å². The summed E-state index contributed by atoms with van der Waals surface area (Å²) in [5.74, 6) is -0.880. The van der Waals surface area contributed by atoms with Crippen LogP contribution in [0.3, 0.4) is 0 Å². The predicted molar refractivity (Wildman–Crippen MR) is 353 cm³/mol. The number of carbonyl (C=O) groups excluding carboxylic acids is 3. The summed E-state index contributed by atoms with van der Waals surface area (Å²) in [5.41, 5.74) is 0. The largest absolute Gasteiger partial charge is 0.462 e. The molecule has 0 fully saturated rings. The summed E-state index contributed by atoms with van der Waals surface area (Å²) >= 11 is 0. The van der Waals surface area contributed by atoms with E-state index in [1.807, 2.05) is 0 Å². The molecule has 0 aliphatic rings. The SMILES string of the molecule is CC/C=C\C/C=C\C/C=C\C/C=C\C/C=C\C/C=C\C/C=C\C/C=C\CCCCCCCCCCC(=O)OCC(COC(=O)CCCCCCCC)OC(=O)CCCCCCCCCCCCCCCCCCCCCCCCCC. The Hall–Kier alpha value is -3.67. The molecule has 0 radical (unpaired) electrons. The van der Waals surface area contributed by atoms with Gasteiger partial charge in [-0.2, -0.15) is 0 Å². The van der Waals surface area contributed by atoms with Crippen molar-refractivity contribution < 1.29 is 28.6 Å². The van der Waals surface area contributed by atoms with Crippen LogP contribution in [0.2, 0.25) is 0 Å². The van der Waals surface area contributed by atoms with Gasteiger partial charge in [-0.15, -0.1) is 0 Å². The Morgan fingerprint density at radius 2 is 0.481 bits per heavy atom. The number of hydrogen-bond acceptors (Lipinski definition) is 6. The van der Waals surface area contributed by atoms with Crippen molar-refractivity contribution in [2.24, 2.45) is 0 Å². The molecule has 0 aromatic carbocycles. The highest BCUT2D eigenvalue weighted by Gasteiger charge is 2.19. The molecule has 81 heavy (non-hydrogen) atoms. The van der Waals surface area contributed by atoms with Crippen molar-refractivity contribution >= 4 is 17.9 Å². The van der Waals surface area contributed by atoms with Gasteiger partial charge in [0.25, 0.3) is 0 Å². The van der Waals surface area contributed by atoms with Gasteiger partial charge >= 0.3 is 17.9 Å². The molecule has 0 heterocycles. The fourth-order valence-corrected chi connectivity index (χ4v) is 9.93. The summed E-state index contributed by atoms with van der Waals surface area (Å²) in [6.07, 6.45) is 93.3. The lowest BCUT2D eigenvalue weighted by Crippen LogP contribution is -2.30. The lowest BCUT2D eigenvalue weighted by atomic mass is 10.0. The van der Waals surface area contributed by atoms with Crippen LogP contribution in [0, 0.1) is 0 Å². The maximum absolute atomic E-state index is 12.9. The minimum absolute atomic E-state index is 0.0763. The fraction of sp³-hybridized carbons (Fsp3) is 0.747. The predicted octanol–water partition coefficient (Wildman–Crippen LogP) is 24.0. The standard InChI is InChI=1S/C75H130O6/c1-4-7-10-13-16-18-20-22-24-26-28-30-32-34-35-36-37-38-39-40-41-42-44-45-47-49-51-53-55-57-59-62-65-68-74(77)80-71-72(70-79-73(76)67-64-61-15-12-9-6-3)81-75(78)69-66-63-60-58-56-54-52-50-48-46-43-33-31-29-27-25-23-21-19-17-14-11-8-5-2/h7,10,16,18,22,24,28,30,34-35,37-38,40-41,44-45,72H,4-6,8-9,11-15,17,19-21,23,25-27,29,31-33,36,39,42-43,46-71H2,1-3H3/b10-7-,18-16-,24-22-,30-28-,35-34-,38-37-,41-40-,45-44-. The first-order valence-electron chi connectivity index (χ1n) is 34.7. The quantitative estimate of drug-likeness (QED) is 0.0261. The van der Waals surface area contributed by atoms with Gasteiger partial charge in [-0.3, -0.25) is 14.4 Å². The first-order chi connectivity index (χ1) is 40.0. The number of rotatable bonds is 63. The van der Waals surface area contributed by atoms with Crippen LogP contribution in [-0.4, -0.2) is 37.2 Å². The first kappa shape index (κ1) is 77.3. The summed E-state index contributed by atoms with van der Waals surface area (Å²) in [6, 6.07) is 0. The summed E-state index contributed by atoms with van der Waals surface area (Å²) < 4.78 is 16.8. The molecule has 0 rings (SSSR count). The second-order valence-corrected chi connectivity index (χ2v) is 23.1. The maximum atomic E-state index is 12.9. The van der Waals surface area contributed by atoms with Gasteiger partial charge in [0, 0.05) is 19.3 Å². The zero-order valence-corrected chi connectivity index (χ0v) is 53.5. The Labute approximate surface area is 502 Å². The van der Waals surface area contributed by atoms with E-state index in [1.165, 1.54) is 186 Å². The van der Waals surface area contributed by atoms with E-state index in [-0.39, 0.29) is 31.1 Å². The second-order valence-electron chi connectivity index (χ2n) is 23.1. The molecule has 0 aromatic heterocycles. The normalized spacial score (nSPS) is 12.7. The Balaban J connectivity index is 4.07. The van der Waals surface area contributed by atoms with E-state index < -0.39 is 6.10 Å². The molecule has 0 N–H and O–H groups in total. The van der Waals surface area contributed by atoms with Crippen LogP contribution in [0.4, 0.5) is 0 Å². The van der Waals surface area contributed by atoms with Gasteiger partial charge < -0.3 is 14.2 Å². The molecule has 0 aliphatic carbocycles. The third-order valence-corrected chi connectivity index (χ3v) is 15.1. The van der Waals surface area contributed by atoms with Gasteiger partial charge in [-0.05, 0) is 83.5 Å². The molecule has 1 unspecified atom stereocenters. The third kappa shape index (κ3) is 67.0. The van der Waals surface area contributed by atoms with Crippen molar-refractivity contribution in [2.45, 2.75) is 348 Å². The number of carbonyl (C=O) groups is 3. The molecule has 466 valence electrons. The molecular weight excluding hydrogens is 997 g/mol. The van der Waals surface area contributed by atoms with Crippen molar-refractivity contribution in [1.29, 1.82) is 0 Å². The Kier molecular flexibility index (Phi) is 65.7. The number of allylic oxidation sites excluding steroid dienone is 16. The van der Waals surface area contributed by atoms with Gasteiger partial charge in [0.1, 0.15) is 13.2 Å². The highest BCUT2D eigenvalue weighted by molar-refractivity contribution is 5.71. The third-order valence-electron chi connectivity index (χ3n) is 15.1. The monoisotopic (exact) mass is 1130 g/mol. The molecule has 0 aliphatic heterocycles. The zero-order chi connectivity index (χ0) is 58.5. The first-order valence-corrected chi connectivity index (χ1v) is 34.7. The summed E-state index contributed by atoms with van der Waals surface area (Å²) in [4.78, 5) is 38.1. The van der Waals surface area contributed by atoms with Crippen LogP contribution in [0.25, 0.3) is 0 Å². The lowest BCUT2D eigenvalue weighted by Gasteiger charge is -2.18. The van der Waals surface area contributed by atoms with Crippen LogP contribution in [0.15, 0.2) is 97.2 Å². The van der Waals surface area contributed by atoms with Crippen molar-refractivity contribution in [2.75, 3.05) is 13.2 Å². The maximum Gasteiger partial charge on any atom is 0.306 e.